The number of halogens is 2. The molecule has 3 nitrogen and oxygen atoms in total. The third kappa shape index (κ3) is 4.40. The van der Waals surface area contributed by atoms with Gasteiger partial charge in [0.15, 0.2) is 0 Å². The molecule has 0 heterocycles. The molecule has 0 unspecified atom stereocenters. The van der Waals surface area contributed by atoms with Crippen LogP contribution in [0.4, 0.5) is 4.39 Å². The van der Waals surface area contributed by atoms with Crippen LogP contribution in [0.15, 0.2) is 22.7 Å². The standard InChI is InChI=1S/C10H11BrFNO2/c11-8-5-7(1-2-9(8)12)6-13-4-3-10(14)15/h1-2,5,13H,3-4,6H2,(H,14,15). The first-order chi connectivity index (χ1) is 7.09. The summed E-state index contributed by atoms with van der Waals surface area (Å²) in [7, 11) is 0. The van der Waals surface area contributed by atoms with Gasteiger partial charge in [0.25, 0.3) is 0 Å². The van der Waals surface area contributed by atoms with Crippen molar-refractivity contribution in [1.82, 2.24) is 5.32 Å². The minimum absolute atomic E-state index is 0.0857. The molecule has 0 spiro atoms. The van der Waals surface area contributed by atoms with E-state index in [2.05, 4.69) is 21.2 Å². The lowest BCUT2D eigenvalue weighted by Crippen LogP contribution is -2.17. The van der Waals surface area contributed by atoms with Crippen molar-refractivity contribution in [3.05, 3.63) is 34.1 Å². The first-order valence-electron chi connectivity index (χ1n) is 4.46. The van der Waals surface area contributed by atoms with E-state index in [1.54, 1.807) is 12.1 Å². The summed E-state index contributed by atoms with van der Waals surface area (Å²) in [5.74, 6) is -1.13. The Morgan fingerprint density at radius 1 is 1.53 bits per heavy atom. The van der Waals surface area contributed by atoms with E-state index in [1.165, 1.54) is 6.07 Å². The van der Waals surface area contributed by atoms with E-state index >= 15 is 0 Å². The van der Waals surface area contributed by atoms with E-state index in [0.29, 0.717) is 17.6 Å². The van der Waals surface area contributed by atoms with E-state index in [0.717, 1.165) is 5.56 Å². The highest BCUT2D eigenvalue weighted by Gasteiger charge is 2.00. The Morgan fingerprint density at radius 3 is 2.87 bits per heavy atom. The molecule has 1 rings (SSSR count). The monoisotopic (exact) mass is 275 g/mol. The van der Waals surface area contributed by atoms with Crippen LogP contribution in [-0.4, -0.2) is 17.6 Å². The van der Waals surface area contributed by atoms with Gasteiger partial charge in [-0.25, -0.2) is 4.39 Å². The normalized spacial score (nSPS) is 10.3. The van der Waals surface area contributed by atoms with Crippen LogP contribution in [-0.2, 0) is 11.3 Å². The number of benzene rings is 1. The Bertz CT molecular complexity index is 357. The van der Waals surface area contributed by atoms with E-state index in [1.807, 2.05) is 0 Å². The quantitative estimate of drug-likeness (QED) is 0.810. The predicted molar refractivity (Wildman–Crippen MR) is 58.1 cm³/mol. The fourth-order valence-electron chi connectivity index (χ4n) is 1.08. The lowest BCUT2D eigenvalue weighted by Gasteiger charge is -2.04. The van der Waals surface area contributed by atoms with Gasteiger partial charge in [0.2, 0.25) is 0 Å². The number of rotatable bonds is 5. The smallest absolute Gasteiger partial charge is 0.304 e. The molecule has 0 bridgehead atoms. The zero-order chi connectivity index (χ0) is 11.3. The largest absolute Gasteiger partial charge is 0.481 e. The second-order valence-corrected chi connectivity index (χ2v) is 3.92. The molecule has 0 fully saturated rings. The van der Waals surface area contributed by atoms with Crippen LogP contribution in [0.5, 0.6) is 0 Å². The molecule has 1 aromatic carbocycles. The SMILES string of the molecule is O=C(O)CCNCc1ccc(F)c(Br)c1. The third-order valence-electron chi connectivity index (χ3n) is 1.83. The van der Waals surface area contributed by atoms with Gasteiger partial charge in [0.05, 0.1) is 10.9 Å². The lowest BCUT2D eigenvalue weighted by atomic mass is 10.2. The van der Waals surface area contributed by atoms with Gasteiger partial charge in [-0.3, -0.25) is 4.79 Å². The maximum Gasteiger partial charge on any atom is 0.304 e. The third-order valence-corrected chi connectivity index (χ3v) is 2.44. The fraction of sp³-hybridized carbons (Fsp3) is 0.300. The van der Waals surface area contributed by atoms with Gasteiger partial charge in [-0.1, -0.05) is 6.07 Å². The van der Waals surface area contributed by atoms with Crippen molar-refractivity contribution in [3.8, 4) is 0 Å². The van der Waals surface area contributed by atoms with Gasteiger partial charge < -0.3 is 10.4 Å². The van der Waals surface area contributed by atoms with E-state index in [-0.39, 0.29) is 12.2 Å². The Kier molecular flexibility index (Phi) is 4.71. The molecule has 0 atom stereocenters. The van der Waals surface area contributed by atoms with E-state index in [9.17, 15) is 9.18 Å². The van der Waals surface area contributed by atoms with Crippen molar-refractivity contribution in [1.29, 1.82) is 0 Å². The van der Waals surface area contributed by atoms with Crippen molar-refractivity contribution in [2.24, 2.45) is 0 Å². The Hall–Kier alpha value is -0.940. The molecule has 2 N–H and O–H groups in total. The van der Waals surface area contributed by atoms with Crippen LogP contribution in [0.2, 0.25) is 0 Å². The first-order valence-corrected chi connectivity index (χ1v) is 5.25. The molecule has 0 aliphatic heterocycles. The van der Waals surface area contributed by atoms with Crippen molar-refractivity contribution in [2.45, 2.75) is 13.0 Å². The Morgan fingerprint density at radius 2 is 2.27 bits per heavy atom. The number of hydrogen-bond donors (Lipinski definition) is 2. The average Bonchev–Trinajstić information content (AvgIpc) is 2.18. The number of carboxylic acid groups (broad SMARTS) is 1. The van der Waals surface area contributed by atoms with Gasteiger partial charge in [0.1, 0.15) is 5.82 Å². The molecule has 15 heavy (non-hydrogen) atoms. The van der Waals surface area contributed by atoms with Crippen LogP contribution in [0.1, 0.15) is 12.0 Å². The second kappa shape index (κ2) is 5.82. The summed E-state index contributed by atoms with van der Waals surface area (Å²) >= 11 is 3.08. The van der Waals surface area contributed by atoms with Gasteiger partial charge in [0, 0.05) is 13.1 Å². The fourth-order valence-corrected chi connectivity index (χ4v) is 1.50. The zero-order valence-electron chi connectivity index (χ0n) is 7.96. The van der Waals surface area contributed by atoms with Crippen LogP contribution in [0.25, 0.3) is 0 Å². The highest BCUT2D eigenvalue weighted by atomic mass is 79.9. The van der Waals surface area contributed by atoms with Crippen LogP contribution in [0, 0.1) is 5.82 Å². The molecule has 0 aromatic heterocycles. The van der Waals surface area contributed by atoms with Crippen LogP contribution >= 0.6 is 15.9 Å². The zero-order valence-corrected chi connectivity index (χ0v) is 9.55. The average molecular weight is 276 g/mol. The molecule has 0 saturated heterocycles. The maximum absolute atomic E-state index is 12.8. The minimum Gasteiger partial charge on any atom is -0.481 e. The molecule has 1 aromatic rings. The number of aliphatic carboxylic acids is 1. The molecule has 82 valence electrons. The number of carboxylic acids is 1. The summed E-state index contributed by atoms with van der Waals surface area (Å²) in [4.78, 5) is 10.2. The summed E-state index contributed by atoms with van der Waals surface area (Å²) in [5.41, 5.74) is 0.911. The summed E-state index contributed by atoms with van der Waals surface area (Å²) in [6.45, 7) is 0.941. The topological polar surface area (TPSA) is 49.3 Å². The highest BCUT2D eigenvalue weighted by Crippen LogP contribution is 2.16. The number of nitrogens with one attached hydrogen (secondary N) is 1. The summed E-state index contributed by atoms with van der Waals surface area (Å²) < 4.78 is 13.3. The summed E-state index contributed by atoms with van der Waals surface area (Å²) in [5, 5.41) is 11.3. The minimum atomic E-state index is -0.831. The van der Waals surface area contributed by atoms with Crippen molar-refractivity contribution < 1.29 is 14.3 Å². The number of hydrogen-bond acceptors (Lipinski definition) is 2. The van der Waals surface area contributed by atoms with Crippen molar-refractivity contribution in [2.75, 3.05) is 6.54 Å². The van der Waals surface area contributed by atoms with Gasteiger partial charge >= 0.3 is 5.97 Å². The van der Waals surface area contributed by atoms with Crippen molar-refractivity contribution >= 4 is 21.9 Å². The molecular formula is C10H11BrFNO2. The molecule has 0 saturated carbocycles. The van der Waals surface area contributed by atoms with E-state index in [4.69, 9.17) is 5.11 Å². The second-order valence-electron chi connectivity index (χ2n) is 3.07. The number of carbonyl (C=O) groups is 1. The lowest BCUT2D eigenvalue weighted by molar-refractivity contribution is -0.136. The maximum atomic E-state index is 12.8. The predicted octanol–water partition coefficient (Wildman–Crippen LogP) is 2.15. The van der Waals surface area contributed by atoms with Crippen molar-refractivity contribution in [3.63, 3.8) is 0 Å². The molecule has 0 radical (unpaired) electrons. The van der Waals surface area contributed by atoms with Crippen LogP contribution < -0.4 is 5.32 Å². The summed E-state index contributed by atoms with van der Waals surface area (Å²) in [6, 6.07) is 4.70. The molecular weight excluding hydrogens is 265 g/mol. The highest BCUT2D eigenvalue weighted by molar-refractivity contribution is 9.10. The van der Waals surface area contributed by atoms with Gasteiger partial charge in [-0.05, 0) is 33.6 Å². The van der Waals surface area contributed by atoms with Gasteiger partial charge in [-0.2, -0.15) is 0 Å². The summed E-state index contributed by atoms with van der Waals surface area (Å²) in [6.07, 6.45) is 0.0857. The molecule has 0 amide bonds. The molecule has 0 aliphatic carbocycles. The Balaban J connectivity index is 2.38. The first kappa shape index (κ1) is 12.1. The van der Waals surface area contributed by atoms with Crippen LogP contribution in [0.3, 0.4) is 0 Å². The Labute approximate surface area is 95.4 Å². The van der Waals surface area contributed by atoms with E-state index < -0.39 is 5.97 Å². The molecule has 0 aliphatic rings. The molecule has 5 heteroatoms. The van der Waals surface area contributed by atoms with Gasteiger partial charge in [-0.15, -0.1) is 0 Å².